The van der Waals surface area contributed by atoms with Crippen molar-refractivity contribution in [3.8, 4) is 11.5 Å². The summed E-state index contributed by atoms with van der Waals surface area (Å²) < 4.78 is 10.6. The summed E-state index contributed by atoms with van der Waals surface area (Å²) in [4.78, 5) is 2.42. The predicted octanol–water partition coefficient (Wildman–Crippen LogP) is 1.89. The Morgan fingerprint density at radius 3 is 2.67 bits per heavy atom. The SMILES string of the molecule is COc1ccc(N2CCNCCC2C)cc1OC. The number of hydrogen-bond donors (Lipinski definition) is 1. The van der Waals surface area contributed by atoms with E-state index in [2.05, 4.69) is 29.3 Å². The summed E-state index contributed by atoms with van der Waals surface area (Å²) in [7, 11) is 3.34. The van der Waals surface area contributed by atoms with Crippen molar-refractivity contribution >= 4 is 5.69 Å². The van der Waals surface area contributed by atoms with Gasteiger partial charge in [0.15, 0.2) is 11.5 Å². The first-order chi connectivity index (χ1) is 8.76. The van der Waals surface area contributed by atoms with Gasteiger partial charge in [0.25, 0.3) is 0 Å². The molecule has 1 aromatic rings. The number of nitrogens with zero attached hydrogens (tertiary/aromatic N) is 1. The van der Waals surface area contributed by atoms with Crippen LogP contribution >= 0.6 is 0 Å². The highest BCUT2D eigenvalue weighted by molar-refractivity contribution is 5.57. The Labute approximate surface area is 109 Å². The van der Waals surface area contributed by atoms with E-state index in [-0.39, 0.29) is 0 Å². The summed E-state index contributed by atoms with van der Waals surface area (Å²) >= 11 is 0. The second-order valence-electron chi connectivity index (χ2n) is 4.62. The quantitative estimate of drug-likeness (QED) is 0.888. The van der Waals surface area contributed by atoms with Crippen LogP contribution < -0.4 is 19.7 Å². The van der Waals surface area contributed by atoms with Gasteiger partial charge in [-0.3, -0.25) is 0 Å². The third kappa shape index (κ3) is 2.70. The first kappa shape index (κ1) is 13.0. The Morgan fingerprint density at radius 2 is 1.94 bits per heavy atom. The standard InChI is InChI=1S/C14H22N2O2/c1-11-6-7-15-8-9-16(11)12-4-5-13(17-2)14(10-12)18-3/h4-5,10-11,15H,6-9H2,1-3H3. The van der Waals surface area contributed by atoms with E-state index in [0.29, 0.717) is 6.04 Å². The minimum Gasteiger partial charge on any atom is -0.493 e. The van der Waals surface area contributed by atoms with Gasteiger partial charge in [0.1, 0.15) is 0 Å². The molecule has 1 fully saturated rings. The van der Waals surface area contributed by atoms with Gasteiger partial charge >= 0.3 is 0 Å². The van der Waals surface area contributed by atoms with Crippen molar-refractivity contribution in [3.05, 3.63) is 18.2 Å². The van der Waals surface area contributed by atoms with Gasteiger partial charge in [0.05, 0.1) is 14.2 Å². The molecule has 1 N–H and O–H groups in total. The summed E-state index contributed by atoms with van der Waals surface area (Å²) in [5.41, 5.74) is 1.20. The van der Waals surface area contributed by atoms with E-state index >= 15 is 0 Å². The lowest BCUT2D eigenvalue weighted by Gasteiger charge is -2.29. The fraction of sp³-hybridized carbons (Fsp3) is 0.571. The molecule has 0 saturated carbocycles. The minimum absolute atomic E-state index is 0.540. The van der Waals surface area contributed by atoms with Crippen molar-refractivity contribution in [2.75, 3.05) is 38.8 Å². The van der Waals surface area contributed by atoms with Crippen molar-refractivity contribution in [2.45, 2.75) is 19.4 Å². The highest BCUT2D eigenvalue weighted by Gasteiger charge is 2.18. The molecule has 0 aliphatic carbocycles. The molecule has 1 saturated heterocycles. The van der Waals surface area contributed by atoms with Crippen LogP contribution in [0.25, 0.3) is 0 Å². The molecule has 1 heterocycles. The highest BCUT2D eigenvalue weighted by atomic mass is 16.5. The zero-order chi connectivity index (χ0) is 13.0. The number of anilines is 1. The third-order valence-corrected chi connectivity index (χ3v) is 3.50. The molecule has 1 aliphatic heterocycles. The molecule has 0 spiro atoms. The molecule has 18 heavy (non-hydrogen) atoms. The van der Waals surface area contributed by atoms with E-state index < -0.39 is 0 Å². The molecule has 0 aromatic heterocycles. The third-order valence-electron chi connectivity index (χ3n) is 3.50. The molecule has 4 nitrogen and oxygen atoms in total. The molecule has 1 aliphatic rings. The number of methoxy groups -OCH3 is 2. The summed E-state index contributed by atoms with van der Waals surface area (Å²) in [6.07, 6.45) is 1.16. The molecule has 1 atom stereocenters. The fourth-order valence-corrected chi connectivity index (χ4v) is 2.40. The van der Waals surface area contributed by atoms with Crippen LogP contribution in [0, 0.1) is 0 Å². The number of hydrogen-bond acceptors (Lipinski definition) is 4. The summed E-state index contributed by atoms with van der Waals surface area (Å²) in [6, 6.07) is 6.67. The van der Waals surface area contributed by atoms with E-state index in [1.54, 1.807) is 14.2 Å². The number of rotatable bonds is 3. The monoisotopic (exact) mass is 250 g/mol. The summed E-state index contributed by atoms with van der Waals surface area (Å²) in [5, 5.41) is 3.43. The molecule has 1 unspecified atom stereocenters. The lowest BCUT2D eigenvalue weighted by molar-refractivity contribution is 0.355. The van der Waals surface area contributed by atoms with Gasteiger partial charge in [-0.2, -0.15) is 0 Å². The Kier molecular flexibility index (Phi) is 4.31. The van der Waals surface area contributed by atoms with Crippen LogP contribution in [0.3, 0.4) is 0 Å². The zero-order valence-corrected chi connectivity index (χ0v) is 11.4. The largest absolute Gasteiger partial charge is 0.493 e. The molecule has 1 aromatic carbocycles. The van der Waals surface area contributed by atoms with Crippen LogP contribution in [0.5, 0.6) is 11.5 Å². The van der Waals surface area contributed by atoms with Gasteiger partial charge in [-0.25, -0.2) is 0 Å². The lowest BCUT2D eigenvalue weighted by atomic mass is 10.1. The van der Waals surface area contributed by atoms with E-state index in [0.717, 1.165) is 37.6 Å². The second-order valence-corrected chi connectivity index (χ2v) is 4.62. The van der Waals surface area contributed by atoms with Gasteiger partial charge in [-0.05, 0) is 32.0 Å². The number of ether oxygens (including phenoxy) is 2. The Morgan fingerprint density at radius 1 is 1.17 bits per heavy atom. The van der Waals surface area contributed by atoms with Crippen molar-refractivity contribution in [1.82, 2.24) is 5.32 Å². The van der Waals surface area contributed by atoms with Crippen LogP contribution in [0.4, 0.5) is 5.69 Å². The fourth-order valence-electron chi connectivity index (χ4n) is 2.40. The maximum Gasteiger partial charge on any atom is 0.162 e. The van der Waals surface area contributed by atoms with Gasteiger partial charge in [-0.15, -0.1) is 0 Å². The van der Waals surface area contributed by atoms with E-state index in [1.807, 2.05) is 6.07 Å². The zero-order valence-electron chi connectivity index (χ0n) is 11.4. The van der Waals surface area contributed by atoms with E-state index in [4.69, 9.17) is 9.47 Å². The Hall–Kier alpha value is -1.42. The number of nitrogens with one attached hydrogen (secondary N) is 1. The van der Waals surface area contributed by atoms with Crippen molar-refractivity contribution in [1.29, 1.82) is 0 Å². The molecular formula is C14H22N2O2. The van der Waals surface area contributed by atoms with Crippen LogP contribution in [0.2, 0.25) is 0 Å². The molecule has 4 heteroatoms. The molecule has 0 radical (unpaired) electrons. The Bertz CT molecular complexity index is 395. The van der Waals surface area contributed by atoms with E-state index in [1.165, 1.54) is 5.69 Å². The topological polar surface area (TPSA) is 33.7 Å². The molecule has 0 amide bonds. The van der Waals surface area contributed by atoms with Gasteiger partial charge in [-0.1, -0.05) is 0 Å². The Balaban J connectivity index is 2.26. The number of benzene rings is 1. The molecule has 2 rings (SSSR count). The minimum atomic E-state index is 0.540. The maximum atomic E-state index is 5.37. The molecular weight excluding hydrogens is 228 g/mol. The van der Waals surface area contributed by atoms with Crippen LogP contribution in [0.1, 0.15) is 13.3 Å². The van der Waals surface area contributed by atoms with Crippen molar-refractivity contribution < 1.29 is 9.47 Å². The van der Waals surface area contributed by atoms with Crippen LogP contribution in [-0.2, 0) is 0 Å². The summed E-state index contributed by atoms with van der Waals surface area (Å²) in [6.45, 7) is 5.41. The summed E-state index contributed by atoms with van der Waals surface area (Å²) in [5.74, 6) is 1.57. The normalized spacial score (nSPS) is 20.4. The van der Waals surface area contributed by atoms with Crippen LogP contribution in [0.15, 0.2) is 18.2 Å². The van der Waals surface area contributed by atoms with Gasteiger partial charge in [0.2, 0.25) is 0 Å². The van der Waals surface area contributed by atoms with E-state index in [9.17, 15) is 0 Å². The maximum absolute atomic E-state index is 5.37. The van der Waals surface area contributed by atoms with Crippen molar-refractivity contribution in [2.24, 2.45) is 0 Å². The second kappa shape index (κ2) is 5.96. The van der Waals surface area contributed by atoms with Gasteiger partial charge < -0.3 is 19.7 Å². The molecule has 100 valence electrons. The van der Waals surface area contributed by atoms with Crippen LogP contribution in [-0.4, -0.2) is 39.9 Å². The van der Waals surface area contributed by atoms with Gasteiger partial charge in [0, 0.05) is 30.9 Å². The first-order valence-corrected chi connectivity index (χ1v) is 6.45. The highest BCUT2D eigenvalue weighted by Crippen LogP contribution is 2.32. The average Bonchev–Trinajstić information content (AvgIpc) is 2.62. The average molecular weight is 250 g/mol. The first-order valence-electron chi connectivity index (χ1n) is 6.45. The van der Waals surface area contributed by atoms with Crippen molar-refractivity contribution in [3.63, 3.8) is 0 Å². The lowest BCUT2D eigenvalue weighted by Crippen LogP contribution is -2.34. The molecule has 0 bridgehead atoms. The predicted molar refractivity (Wildman–Crippen MR) is 73.8 cm³/mol. The smallest absolute Gasteiger partial charge is 0.162 e.